The molecule has 0 atom stereocenters. The second-order valence-corrected chi connectivity index (χ2v) is 7.18. The molecule has 3 aromatic rings. The lowest BCUT2D eigenvalue weighted by molar-refractivity contribution is -0.384. The SMILES string of the molecule is COc1ccc(C(=O)NC(=Cc2ccc([N+](=O)[O-])cc2)C(=O)Nc2ccc(C(C)=O)cc2)cc1. The maximum Gasteiger partial charge on any atom is 0.272 e. The third-order valence-electron chi connectivity index (χ3n) is 4.81. The fourth-order valence-corrected chi connectivity index (χ4v) is 2.94. The van der Waals surface area contributed by atoms with Crippen molar-refractivity contribution in [3.05, 3.63) is 105 Å². The Morgan fingerprint density at radius 3 is 2.00 bits per heavy atom. The molecule has 0 aliphatic carbocycles. The number of rotatable bonds is 8. The van der Waals surface area contributed by atoms with E-state index < -0.39 is 16.7 Å². The first-order chi connectivity index (χ1) is 16.3. The molecular formula is C25H21N3O6. The molecule has 2 N–H and O–H groups in total. The van der Waals surface area contributed by atoms with E-state index in [1.165, 1.54) is 44.4 Å². The van der Waals surface area contributed by atoms with E-state index in [1.54, 1.807) is 48.5 Å². The normalized spacial score (nSPS) is 10.8. The highest BCUT2D eigenvalue weighted by molar-refractivity contribution is 6.10. The number of anilines is 1. The summed E-state index contributed by atoms with van der Waals surface area (Å²) in [6.45, 7) is 1.44. The quantitative estimate of drug-likeness (QED) is 0.225. The number of hydrogen-bond acceptors (Lipinski definition) is 6. The van der Waals surface area contributed by atoms with Crippen molar-refractivity contribution in [2.45, 2.75) is 6.92 Å². The van der Waals surface area contributed by atoms with Crippen LogP contribution in [0.4, 0.5) is 11.4 Å². The van der Waals surface area contributed by atoms with Crippen molar-refractivity contribution in [3.63, 3.8) is 0 Å². The van der Waals surface area contributed by atoms with Gasteiger partial charge in [-0.1, -0.05) is 0 Å². The Morgan fingerprint density at radius 2 is 1.47 bits per heavy atom. The van der Waals surface area contributed by atoms with Gasteiger partial charge in [0.2, 0.25) is 0 Å². The van der Waals surface area contributed by atoms with Crippen LogP contribution in [0, 0.1) is 10.1 Å². The van der Waals surface area contributed by atoms with Crippen molar-refractivity contribution in [3.8, 4) is 5.75 Å². The summed E-state index contributed by atoms with van der Waals surface area (Å²) >= 11 is 0. The molecule has 3 aromatic carbocycles. The number of Topliss-reactive ketones (excluding diaryl/α,β-unsaturated/α-hetero) is 1. The van der Waals surface area contributed by atoms with Crippen molar-refractivity contribution in [2.24, 2.45) is 0 Å². The van der Waals surface area contributed by atoms with Crippen molar-refractivity contribution >= 4 is 35.0 Å². The third-order valence-corrected chi connectivity index (χ3v) is 4.81. The zero-order chi connectivity index (χ0) is 24.7. The summed E-state index contributed by atoms with van der Waals surface area (Å²) in [5.41, 5.74) is 1.50. The van der Waals surface area contributed by atoms with Crippen molar-refractivity contribution in [1.29, 1.82) is 0 Å². The number of ketones is 1. The number of amides is 2. The summed E-state index contributed by atoms with van der Waals surface area (Å²) in [5, 5.41) is 16.2. The summed E-state index contributed by atoms with van der Waals surface area (Å²) in [6.07, 6.45) is 1.41. The number of nitro groups is 1. The average molecular weight is 459 g/mol. The number of methoxy groups -OCH3 is 1. The van der Waals surface area contributed by atoms with Gasteiger partial charge in [0.15, 0.2) is 5.78 Å². The van der Waals surface area contributed by atoms with Crippen LogP contribution in [-0.2, 0) is 4.79 Å². The van der Waals surface area contributed by atoms with Crippen LogP contribution in [0.5, 0.6) is 5.75 Å². The van der Waals surface area contributed by atoms with Crippen molar-refractivity contribution in [1.82, 2.24) is 5.32 Å². The first-order valence-electron chi connectivity index (χ1n) is 10.1. The van der Waals surface area contributed by atoms with Gasteiger partial charge in [0, 0.05) is 28.9 Å². The van der Waals surface area contributed by atoms with Gasteiger partial charge in [-0.05, 0) is 79.2 Å². The second kappa shape index (κ2) is 10.7. The van der Waals surface area contributed by atoms with E-state index in [-0.39, 0.29) is 17.2 Å². The third kappa shape index (κ3) is 6.13. The molecule has 0 heterocycles. The summed E-state index contributed by atoms with van der Waals surface area (Å²) in [7, 11) is 1.51. The lowest BCUT2D eigenvalue weighted by Gasteiger charge is -2.12. The van der Waals surface area contributed by atoms with E-state index >= 15 is 0 Å². The Morgan fingerprint density at radius 1 is 0.882 bits per heavy atom. The number of non-ortho nitro benzene ring substituents is 1. The van der Waals surface area contributed by atoms with E-state index in [0.29, 0.717) is 28.1 Å². The van der Waals surface area contributed by atoms with Gasteiger partial charge in [-0.15, -0.1) is 0 Å². The number of ether oxygens (including phenoxy) is 1. The fourth-order valence-electron chi connectivity index (χ4n) is 2.94. The van der Waals surface area contributed by atoms with Crippen LogP contribution in [-0.4, -0.2) is 29.6 Å². The minimum absolute atomic E-state index is 0.0784. The number of nitrogens with one attached hydrogen (secondary N) is 2. The number of nitrogens with zero attached hydrogens (tertiary/aromatic N) is 1. The maximum absolute atomic E-state index is 13.0. The molecule has 34 heavy (non-hydrogen) atoms. The number of carbonyl (C=O) groups is 3. The molecule has 0 saturated carbocycles. The molecule has 0 spiro atoms. The molecule has 0 fully saturated rings. The van der Waals surface area contributed by atoms with Crippen LogP contribution in [0.15, 0.2) is 78.5 Å². The highest BCUT2D eigenvalue weighted by atomic mass is 16.6. The average Bonchev–Trinajstić information content (AvgIpc) is 2.84. The predicted octanol–water partition coefficient (Wildman–Crippen LogP) is 4.22. The van der Waals surface area contributed by atoms with E-state index in [2.05, 4.69) is 10.6 Å². The fraction of sp³-hybridized carbons (Fsp3) is 0.0800. The number of benzene rings is 3. The smallest absolute Gasteiger partial charge is 0.272 e. The Bertz CT molecular complexity index is 1250. The number of hydrogen-bond donors (Lipinski definition) is 2. The maximum atomic E-state index is 13.0. The molecule has 2 amide bonds. The zero-order valence-corrected chi connectivity index (χ0v) is 18.4. The van der Waals surface area contributed by atoms with Crippen molar-refractivity contribution < 1.29 is 24.0 Å². The summed E-state index contributed by atoms with van der Waals surface area (Å²) < 4.78 is 5.09. The van der Waals surface area contributed by atoms with Crippen LogP contribution in [0.2, 0.25) is 0 Å². The van der Waals surface area contributed by atoms with Gasteiger partial charge < -0.3 is 15.4 Å². The first-order valence-corrected chi connectivity index (χ1v) is 10.1. The summed E-state index contributed by atoms with van der Waals surface area (Å²) in [6, 6.07) is 18.2. The van der Waals surface area contributed by atoms with Crippen molar-refractivity contribution in [2.75, 3.05) is 12.4 Å². The largest absolute Gasteiger partial charge is 0.497 e. The molecule has 9 heteroatoms. The van der Waals surface area contributed by atoms with E-state index in [0.717, 1.165) is 0 Å². The Balaban J connectivity index is 1.87. The first kappa shape index (κ1) is 23.9. The minimum atomic E-state index is -0.615. The van der Waals surface area contributed by atoms with E-state index in [1.807, 2.05) is 0 Å². The molecule has 0 bridgehead atoms. The van der Waals surface area contributed by atoms with Crippen LogP contribution in [0.25, 0.3) is 6.08 Å². The predicted molar refractivity (Wildman–Crippen MR) is 127 cm³/mol. The molecule has 0 aliphatic rings. The molecule has 0 aromatic heterocycles. The number of nitro benzene ring substituents is 1. The van der Waals surface area contributed by atoms with Crippen LogP contribution < -0.4 is 15.4 Å². The molecule has 0 aliphatic heterocycles. The van der Waals surface area contributed by atoms with Gasteiger partial charge in [-0.2, -0.15) is 0 Å². The van der Waals surface area contributed by atoms with Gasteiger partial charge in [0.25, 0.3) is 17.5 Å². The van der Waals surface area contributed by atoms with Gasteiger partial charge in [-0.25, -0.2) is 0 Å². The topological polar surface area (TPSA) is 128 Å². The molecule has 3 rings (SSSR count). The summed E-state index contributed by atoms with van der Waals surface area (Å²) in [4.78, 5) is 47.6. The molecule has 9 nitrogen and oxygen atoms in total. The molecule has 172 valence electrons. The lowest BCUT2D eigenvalue weighted by atomic mass is 10.1. The van der Waals surface area contributed by atoms with Gasteiger partial charge in [0.05, 0.1) is 12.0 Å². The number of carbonyl (C=O) groups excluding carboxylic acids is 3. The van der Waals surface area contributed by atoms with Gasteiger partial charge in [-0.3, -0.25) is 24.5 Å². The molecular weight excluding hydrogens is 438 g/mol. The Hall–Kier alpha value is -4.79. The van der Waals surface area contributed by atoms with Crippen LogP contribution >= 0.6 is 0 Å². The van der Waals surface area contributed by atoms with E-state index in [4.69, 9.17) is 4.74 Å². The Kier molecular flexibility index (Phi) is 7.50. The van der Waals surface area contributed by atoms with Gasteiger partial charge in [0.1, 0.15) is 11.4 Å². The zero-order valence-electron chi connectivity index (χ0n) is 18.4. The highest BCUT2D eigenvalue weighted by Gasteiger charge is 2.16. The highest BCUT2D eigenvalue weighted by Crippen LogP contribution is 2.17. The lowest BCUT2D eigenvalue weighted by Crippen LogP contribution is -2.30. The summed E-state index contributed by atoms with van der Waals surface area (Å²) in [5.74, 6) is -0.679. The second-order valence-electron chi connectivity index (χ2n) is 7.18. The van der Waals surface area contributed by atoms with Gasteiger partial charge >= 0.3 is 0 Å². The standard InChI is InChI=1S/C25H21N3O6/c1-16(29)18-5-9-20(10-6-18)26-25(31)23(15-17-3-11-21(12-4-17)28(32)33)27-24(30)19-7-13-22(34-2)14-8-19/h3-15H,1-2H3,(H,26,31)(H,27,30). The van der Waals surface area contributed by atoms with Crippen LogP contribution in [0.3, 0.4) is 0 Å². The molecule has 0 radical (unpaired) electrons. The Labute approximate surface area is 195 Å². The monoisotopic (exact) mass is 459 g/mol. The van der Waals surface area contributed by atoms with Crippen LogP contribution in [0.1, 0.15) is 33.2 Å². The molecule has 0 unspecified atom stereocenters. The molecule has 0 saturated heterocycles. The minimum Gasteiger partial charge on any atom is -0.497 e. The van der Waals surface area contributed by atoms with E-state index in [9.17, 15) is 24.5 Å².